The van der Waals surface area contributed by atoms with Gasteiger partial charge >= 0.3 is 0 Å². The highest BCUT2D eigenvalue weighted by Crippen LogP contribution is 2.33. The molecule has 2 atom stereocenters. The van der Waals surface area contributed by atoms with Gasteiger partial charge in [0.25, 0.3) is 5.91 Å². The third-order valence-corrected chi connectivity index (χ3v) is 4.95. The van der Waals surface area contributed by atoms with Crippen LogP contribution in [0.2, 0.25) is 0 Å². The number of nitrogens with zero attached hydrogens (tertiary/aromatic N) is 3. The van der Waals surface area contributed by atoms with Crippen molar-refractivity contribution in [1.82, 2.24) is 20.5 Å². The molecule has 2 amide bonds. The first-order valence-electron chi connectivity index (χ1n) is 9.83. The molecule has 0 saturated heterocycles. The van der Waals surface area contributed by atoms with E-state index in [1.54, 1.807) is 11.8 Å². The van der Waals surface area contributed by atoms with Crippen molar-refractivity contribution >= 4 is 17.5 Å². The van der Waals surface area contributed by atoms with Crippen LogP contribution in [0.4, 0.5) is 5.69 Å². The van der Waals surface area contributed by atoms with Crippen molar-refractivity contribution in [2.75, 3.05) is 11.4 Å². The monoisotopic (exact) mass is 405 g/mol. The summed E-state index contributed by atoms with van der Waals surface area (Å²) in [6.07, 6.45) is -0.448. The van der Waals surface area contributed by atoms with Gasteiger partial charge in [-0.15, -0.1) is 0 Å². The summed E-state index contributed by atoms with van der Waals surface area (Å²) in [4.78, 5) is 31.4. The Morgan fingerprint density at radius 1 is 1.20 bits per heavy atom. The van der Waals surface area contributed by atoms with Crippen molar-refractivity contribution in [1.29, 1.82) is 0 Å². The van der Waals surface area contributed by atoms with Crippen LogP contribution < -0.4 is 15.0 Å². The van der Waals surface area contributed by atoms with Crippen molar-refractivity contribution in [3.63, 3.8) is 0 Å². The molecule has 4 rings (SSSR count). The zero-order valence-corrected chi connectivity index (χ0v) is 16.8. The lowest BCUT2D eigenvalue weighted by atomic mass is 10.1. The number of ether oxygens (including phenoxy) is 1. The number of aromatic amines is 1. The second-order valence-corrected chi connectivity index (χ2v) is 7.16. The third kappa shape index (κ3) is 4.03. The largest absolute Gasteiger partial charge is 0.479 e. The number of nitrogens with one attached hydrogen (secondary N) is 2. The minimum atomic E-state index is -0.587. The number of benzene rings is 2. The van der Waals surface area contributed by atoms with Crippen molar-refractivity contribution in [2.45, 2.75) is 32.4 Å². The van der Waals surface area contributed by atoms with Gasteiger partial charge in [-0.1, -0.05) is 42.5 Å². The Labute approximate surface area is 174 Å². The highest BCUT2D eigenvalue weighted by molar-refractivity contribution is 6.00. The van der Waals surface area contributed by atoms with Crippen molar-refractivity contribution < 1.29 is 14.3 Å². The van der Waals surface area contributed by atoms with E-state index in [2.05, 4.69) is 20.5 Å². The van der Waals surface area contributed by atoms with Crippen LogP contribution >= 0.6 is 0 Å². The summed E-state index contributed by atoms with van der Waals surface area (Å²) in [6, 6.07) is 16.4. The summed E-state index contributed by atoms with van der Waals surface area (Å²) in [6.45, 7) is 3.77. The lowest BCUT2D eigenvalue weighted by Gasteiger charge is -2.32. The Bertz CT molecular complexity index is 1050. The van der Waals surface area contributed by atoms with Crippen LogP contribution in [0.15, 0.2) is 54.6 Å². The first-order chi connectivity index (χ1) is 14.5. The number of aromatic nitrogens is 3. The molecule has 8 heteroatoms. The summed E-state index contributed by atoms with van der Waals surface area (Å²) in [5.74, 6) is 1.45. The highest BCUT2D eigenvalue weighted by atomic mass is 16.5. The van der Waals surface area contributed by atoms with Crippen LogP contribution in [0, 0.1) is 6.92 Å². The van der Waals surface area contributed by atoms with Crippen molar-refractivity contribution in [3.8, 4) is 5.75 Å². The lowest BCUT2D eigenvalue weighted by molar-refractivity contribution is -0.125. The normalized spacial score (nSPS) is 16.5. The molecule has 0 radical (unpaired) electrons. The van der Waals surface area contributed by atoms with E-state index in [0.717, 1.165) is 5.56 Å². The maximum absolute atomic E-state index is 12.8. The predicted molar refractivity (Wildman–Crippen MR) is 111 cm³/mol. The SMILES string of the molecule is Cc1nc(C(NC(=O)CCN2C(=O)C(C)Oc3ccccc32)c2ccccc2)n[nH]1. The molecule has 0 saturated carbocycles. The van der Waals surface area contributed by atoms with Crippen LogP contribution in [0.1, 0.15) is 36.6 Å². The number of rotatable bonds is 6. The lowest BCUT2D eigenvalue weighted by Crippen LogP contribution is -2.46. The molecule has 2 heterocycles. The summed E-state index contributed by atoms with van der Waals surface area (Å²) < 4.78 is 5.65. The molecule has 0 bridgehead atoms. The topological polar surface area (TPSA) is 100 Å². The molecule has 2 unspecified atom stereocenters. The highest BCUT2D eigenvalue weighted by Gasteiger charge is 2.31. The Hall–Kier alpha value is -3.68. The molecule has 1 aliphatic heterocycles. The number of H-pyrrole nitrogens is 1. The summed E-state index contributed by atoms with van der Waals surface area (Å²) in [5.41, 5.74) is 1.56. The first kappa shape index (κ1) is 19.6. The molecule has 0 fully saturated rings. The number of hydrogen-bond donors (Lipinski definition) is 2. The van der Waals surface area contributed by atoms with Crippen LogP contribution in [-0.4, -0.2) is 39.6 Å². The molecule has 30 heavy (non-hydrogen) atoms. The van der Waals surface area contributed by atoms with E-state index in [0.29, 0.717) is 23.1 Å². The van der Waals surface area contributed by atoms with Crippen LogP contribution in [0.5, 0.6) is 5.75 Å². The number of aryl methyl sites for hydroxylation is 1. The third-order valence-electron chi connectivity index (χ3n) is 4.95. The van der Waals surface area contributed by atoms with Crippen molar-refractivity contribution in [3.05, 3.63) is 71.8 Å². The summed E-state index contributed by atoms with van der Waals surface area (Å²) in [5, 5.41) is 10.0. The van der Waals surface area contributed by atoms with E-state index in [1.807, 2.05) is 61.5 Å². The summed E-state index contributed by atoms with van der Waals surface area (Å²) >= 11 is 0. The number of para-hydroxylation sites is 2. The van der Waals surface area contributed by atoms with Crippen LogP contribution in [0.3, 0.4) is 0 Å². The number of carbonyl (C=O) groups is 2. The second kappa shape index (κ2) is 8.36. The minimum Gasteiger partial charge on any atom is -0.479 e. The van der Waals surface area contributed by atoms with Gasteiger partial charge in [0, 0.05) is 13.0 Å². The van der Waals surface area contributed by atoms with Crippen molar-refractivity contribution in [2.24, 2.45) is 0 Å². The number of hydrogen-bond acceptors (Lipinski definition) is 5. The van der Waals surface area contributed by atoms with Gasteiger partial charge in [0.05, 0.1) is 5.69 Å². The van der Waals surface area contributed by atoms with Gasteiger partial charge in [0.2, 0.25) is 5.91 Å². The second-order valence-electron chi connectivity index (χ2n) is 7.16. The fourth-order valence-electron chi connectivity index (χ4n) is 3.47. The first-order valence-corrected chi connectivity index (χ1v) is 9.83. The molecule has 0 spiro atoms. The van der Waals surface area contributed by atoms with E-state index in [4.69, 9.17) is 4.74 Å². The number of fused-ring (bicyclic) bond motifs is 1. The Morgan fingerprint density at radius 3 is 2.67 bits per heavy atom. The van der Waals surface area contributed by atoms with E-state index < -0.39 is 12.1 Å². The Kier molecular flexibility index (Phi) is 5.47. The van der Waals surface area contributed by atoms with Crippen LogP contribution in [0.25, 0.3) is 0 Å². The zero-order valence-electron chi connectivity index (χ0n) is 16.8. The average molecular weight is 405 g/mol. The maximum atomic E-state index is 12.8. The number of carbonyl (C=O) groups excluding carboxylic acids is 2. The predicted octanol–water partition coefficient (Wildman–Crippen LogP) is 2.52. The number of amides is 2. The molecular weight excluding hydrogens is 382 g/mol. The maximum Gasteiger partial charge on any atom is 0.267 e. The van der Waals surface area contributed by atoms with E-state index in [9.17, 15) is 9.59 Å². The van der Waals surface area contributed by atoms with Gasteiger partial charge in [-0.3, -0.25) is 14.7 Å². The number of anilines is 1. The van der Waals surface area contributed by atoms with E-state index in [1.165, 1.54) is 0 Å². The molecule has 2 N–H and O–H groups in total. The van der Waals surface area contributed by atoms with Gasteiger partial charge in [-0.2, -0.15) is 5.10 Å². The molecule has 1 aliphatic rings. The van der Waals surface area contributed by atoms with E-state index >= 15 is 0 Å². The Balaban J connectivity index is 1.49. The van der Waals surface area contributed by atoms with Crippen LogP contribution in [-0.2, 0) is 9.59 Å². The van der Waals surface area contributed by atoms with Gasteiger partial charge in [-0.25, -0.2) is 4.98 Å². The fourth-order valence-corrected chi connectivity index (χ4v) is 3.47. The zero-order chi connectivity index (χ0) is 21.1. The van der Waals surface area contributed by atoms with Gasteiger partial charge < -0.3 is 15.0 Å². The quantitative estimate of drug-likeness (QED) is 0.656. The Morgan fingerprint density at radius 2 is 1.93 bits per heavy atom. The smallest absolute Gasteiger partial charge is 0.267 e. The fraction of sp³-hybridized carbons (Fsp3) is 0.273. The standard InChI is InChI=1S/C22H23N5O3/c1-14-22(29)27(17-10-6-7-11-18(17)30-14)13-12-19(28)24-20(16-8-4-3-5-9-16)21-23-15(2)25-26-21/h3-11,14,20H,12-13H2,1-2H3,(H,24,28)(H,23,25,26). The minimum absolute atomic E-state index is 0.138. The van der Waals surface area contributed by atoms with Gasteiger partial charge in [-0.05, 0) is 31.5 Å². The molecular formula is C22H23N5O3. The molecule has 3 aromatic rings. The molecule has 1 aromatic heterocycles. The van der Waals surface area contributed by atoms with E-state index in [-0.39, 0.29) is 24.8 Å². The average Bonchev–Trinajstić information content (AvgIpc) is 3.19. The summed E-state index contributed by atoms with van der Waals surface area (Å²) in [7, 11) is 0. The van der Waals surface area contributed by atoms with Gasteiger partial charge in [0.1, 0.15) is 17.6 Å². The molecule has 154 valence electrons. The molecule has 2 aromatic carbocycles. The van der Waals surface area contributed by atoms with Gasteiger partial charge in [0.15, 0.2) is 11.9 Å². The molecule has 8 nitrogen and oxygen atoms in total. The molecule has 0 aliphatic carbocycles.